The molecule has 1 heterocycles. The number of nitrogens with one attached hydrogen (secondary N) is 1. The van der Waals surface area contributed by atoms with Crippen molar-refractivity contribution in [3.63, 3.8) is 0 Å². The van der Waals surface area contributed by atoms with Gasteiger partial charge in [-0.25, -0.2) is 9.97 Å². The number of benzene rings is 1. The highest BCUT2D eigenvalue weighted by molar-refractivity contribution is 6.36. The van der Waals surface area contributed by atoms with E-state index in [9.17, 15) is 0 Å². The molecule has 1 aromatic carbocycles. The molecule has 0 amide bonds. The Bertz CT molecular complexity index is 671. The van der Waals surface area contributed by atoms with E-state index in [1.165, 1.54) is 5.56 Å². The van der Waals surface area contributed by atoms with E-state index in [1.54, 1.807) is 6.07 Å². The molecule has 0 atom stereocenters. The molecule has 3 rings (SSSR count). The van der Waals surface area contributed by atoms with Crippen molar-refractivity contribution in [1.29, 1.82) is 0 Å². The van der Waals surface area contributed by atoms with Crippen LogP contribution in [0.15, 0.2) is 18.2 Å². The van der Waals surface area contributed by atoms with Gasteiger partial charge in [0.15, 0.2) is 5.82 Å². The van der Waals surface area contributed by atoms with Crippen molar-refractivity contribution in [2.75, 3.05) is 11.9 Å². The van der Waals surface area contributed by atoms with Crippen molar-refractivity contribution >= 4 is 29.0 Å². The first kappa shape index (κ1) is 14.6. The third-order valence-corrected chi connectivity index (χ3v) is 4.20. The van der Waals surface area contributed by atoms with Gasteiger partial charge in [0, 0.05) is 28.4 Å². The van der Waals surface area contributed by atoms with E-state index in [0.29, 0.717) is 15.9 Å². The van der Waals surface area contributed by atoms with Gasteiger partial charge in [0.1, 0.15) is 5.82 Å². The van der Waals surface area contributed by atoms with Crippen molar-refractivity contribution in [3.05, 3.63) is 39.5 Å². The molecular formula is C16H17Cl2N3. The topological polar surface area (TPSA) is 37.8 Å². The van der Waals surface area contributed by atoms with Crippen LogP contribution < -0.4 is 5.32 Å². The lowest BCUT2D eigenvalue weighted by Crippen LogP contribution is -2.08. The van der Waals surface area contributed by atoms with E-state index in [-0.39, 0.29) is 0 Å². The van der Waals surface area contributed by atoms with Crippen LogP contribution in [-0.2, 0) is 12.8 Å². The lowest BCUT2D eigenvalue weighted by molar-refractivity contribution is 0.899. The maximum absolute atomic E-state index is 6.29. The summed E-state index contributed by atoms with van der Waals surface area (Å²) in [7, 11) is 0. The number of rotatable bonds is 4. The number of fused-ring (bicyclic) bond motifs is 1. The van der Waals surface area contributed by atoms with Gasteiger partial charge in [-0.3, -0.25) is 0 Å². The number of nitrogens with zero attached hydrogens (tertiary/aromatic N) is 2. The van der Waals surface area contributed by atoms with Gasteiger partial charge in [0.05, 0.1) is 5.02 Å². The minimum absolute atomic E-state index is 0.585. The molecule has 0 saturated heterocycles. The fourth-order valence-electron chi connectivity index (χ4n) is 2.61. The number of hydrogen-bond acceptors (Lipinski definition) is 3. The summed E-state index contributed by atoms with van der Waals surface area (Å²) in [5.74, 6) is 1.64. The molecule has 1 N–H and O–H groups in total. The average Bonchev–Trinajstić information content (AvgIpc) is 2.93. The Kier molecular flexibility index (Phi) is 4.32. The molecule has 1 aromatic heterocycles. The molecule has 0 saturated carbocycles. The fraction of sp³-hybridized carbons (Fsp3) is 0.375. The second-order valence-corrected chi connectivity index (χ2v) is 6.07. The van der Waals surface area contributed by atoms with Gasteiger partial charge >= 0.3 is 0 Å². The van der Waals surface area contributed by atoms with Crippen LogP contribution in [0.3, 0.4) is 0 Å². The van der Waals surface area contributed by atoms with Crippen LogP contribution in [0.25, 0.3) is 11.4 Å². The van der Waals surface area contributed by atoms with Crippen LogP contribution in [0.4, 0.5) is 5.82 Å². The highest BCUT2D eigenvalue weighted by Gasteiger charge is 2.20. The summed E-state index contributed by atoms with van der Waals surface area (Å²) >= 11 is 12.2. The molecule has 2 aromatic rings. The highest BCUT2D eigenvalue weighted by Crippen LogP contribution is 2.33. The average molecular weight is 322 g/mol. The smallest absolute Gasteiger partial charge is 0.163 e. The van der Waals surface area contributed by atoms with E-state index >= 15 is 0 Å². The van der Waals surface area contributed by atoms with Gasteiger partial charge in [-0.05, 0) is 43.9 Å². The molecule has 5 heteroatoms. The van der Waals surface area contributed by atoms with E-state index in [4.69, 9.17) is 33.2 Å². The van der Waals surface area contributed by atoms with Gasteiger partial charge < -0.3 is 5.32 Å². The van der Waals surface area contributed by atoms with Gasteiger partial charge in [-0.1, -0.05) is 30.1 Å². The largest absolute Gasteiger partial charge is 0.370 e. The van der Waals surface area contributed by atoms with E-state index < -0.39 is 0 Å². The summed E-state index contributed by atoms with van der Waals surface area (Å²) in [6.07, 6.45) is 4.27. The third-order valence-electron chi connectivity index (χ3n) is 3.65. The standard InChI is InChI=1S/C16H17Cl2N3/c1-2-8-19-15-12-4-3-5-14(12)20-16(21-15)11-7-6-10(17)9-13(11)18/h6-7,9H,2-5,8H2,1H3,(H,19,20,21). The molecular weight excluding hydrogens is 305 g/mol. The zero-order valence-electron chi connectivity index (χ0n) is 11.9. The van der Waals surface area contributed by atoms with Crippen LogP contribution >= 0.6 is 23.2 Å². The second-order valence-electron chi connectivity index (χ2n) is 5.23. The van der Waals surface area contributed by atoms with Crippen molar-refractivity contribution < 1.29 is 0 Å². The minimum atomic E-state index is 0.585. The Hall–Kier alpha value is -1.32. The second kappa shape index (κ2) is 6.20. The maximum atomic E-state index is 6.29. The zero-order valence-corrected chi connectivity index (χ0v) is 13.4. The number of aryl methyl sites for hydroxylation is 1. The normalized spacial score (nSPS) is 13.3. The van der Waals surface area contributed by atoms with E-state index in [1.807, 2.05) is 12.1 Å². The molecule has 1 aliphatic carbocycles. The molecule has 0 unspecified atom stereocenters. The fourth-order valence-corrected chi connectivity index (χ4v) is 3.11. The van der Waals surface area contributed by atoms with Gasteiger partial charge in [-0.15, -0.1) is 0 Å². The molecule has 110 valence electrons. The lowest BCUT2D eigenvalue weighted by Gasteiger charge is -2.12. The lowest BCUT2D eigenvalue weighted by atomic mass is 10.2. The Morgan fingerprint density at radius 2 is 2.05 bits per heavy atom. The predicted octanol–water partition coefficient (Wildman–Crippen LogP) is 4.76. The number of anilines is 1. The van der Waals surface area contributed by atoms with Crippen molar-refractivity contribution in [3.8, 4) is 11.4 Å². The molecule has 0 radical (unpaired) electrons. The third kappa shape index (κ3) is 2.99. The van der Waals surface area contributed by atoms with Gasteiger partial charge in [0.2, 0.25) is 0 Å². The summed E-state index contributed by atoms with van der Waals surface area (Å²) in [4.78, 5) is 9.40. The van der Waals surface area contributed by atoms with Crippen LogP contribution in [-0.4, -0.2) is 16.5 Å². The van der Waals surface area contributed by atoms with Crippen molar-refractivity contribution in [2.24, 2.45) is 0 Å². The minimum Gasteiger partial charge on any atom is -0.370 e. The Balaban J connectivity index is 2.06. The zero-order chi connectivity index (χ0) is 14.8. The summed E-state index contributed by atoms with van der Waals surface area (Å²) in [6.45, 7) is 3.06. The van der Waals surface area contributed by atoms with Crippen LogP contribution in [0.1, 0.15) is 31.0 Å². The first-order valence-corrected chi connectivity index (χ1v) is 8.03. The summed E-state index contributed by atoms with van der Waals surface area (Å²) in [6, 6.07) is 5.43. The monoisotopic (exact) mass is 321 g/mol. The number of halogens is 2. The van der Waals surface area contributed by atoms with Crippen LogP contribution in [0.5, 0.6) is 0 Å². The van der Waals surface area contributed by atoms with Crippen molar-refractivity contribution in [2.45, 2.75) is 32.6 Å². The van der Waals surface area contributed by atoms with Crippen molar-refractivity contribution in [1.82, 2.24) is 9.97 Å². The number of hydrogen-bond donors (Lipinski definition) is 1. The maximum Gasteiger partial charge on any atom is 0.163 e. The van der Waals surface area contributed by atoms with Gasteiger partial charge in [0.25, 0.3) is 0 Å². The molecule has 0 spiro atoms. The highest BCUT2D eigenvalue weighted by atomic mass is 35.5. The molecule has 21 heavy (non-hydrogen) atoms. The SMILES string of the molecule is CCCNc1nc(-c2ccc(Cl)cc2Cl)nc2c1CCC2. The van der Waals surface area contributed by atoms with E-state index in [2.05, 4.69) is 12.2 Å². The Labute approximate surface area is 134 Å². The first-order chi connectivity index (χ1) is 10.2. The molecule has 3 nitrogen and oxygen atoms in total. The quantitative estimate of drug-likeness (QED) is 0.882. The Morgan fingerprint density at radius 1 is 1.19 bits per heavy atom. The van der Waals surface area contributed by atoms with Gasteiger partial charge in [-0.2, -0.15) is 0 Å². The predicted molar refractivity (Wildman–Crippen MR) is 88.3 cm³/mol. The summed E-state index contributed by atoms with van der Waals surface area (Å²) in [5, 5.41) is 4.62. The first-order valence-electron chi connectivity index (χ1n) is 7.28. The summed E-state index contributed by atoms with van der Waals surface area (Å²) in [5.41, 5.74) is 3.23. The molecule has 0 bridgehead atoms. The number of aromatic nitrogens is 2. The Morgan fingerprint density at radius 3 is 2.81 bits per heavy atom. The van der Waals surface area contributed by atoms with E-state index in [0.717, 1.165) is 49.3 Å². The molecule has 1 aliphatic rings. The van der Waals surface area contributed by atoms with Crippen LogP contribution in [0.2, 0.25) is 10.0 Å². The molecule has 0 aliphatic heterocycles. The van der Waals surface area contributed by atoms with Crippen LogP contribution in [0, 0.1) is 0 Å². The molecule has 0 fully saturated rings. The summed E-state index contributed by atoms with van der Waals surface area (Å²) < 4.78 is 0.